The lowest BCUT2D eigenvalue weighted by molar-refractivity contribution is -0.274. The van der Waals surface area contributed by atoms with Gasteiger partial charge >= 0.3 is 12.4 Å². The van der Waals surface area contributed by atoms with Crippen molar-refractivity contribution in [2.24, 2.45) is 0 Å². The van der Waals surface area contributed by atoms with Crippen LogP contribution in [0, 0.1) is 0 Å². The summed E-state index contributed by atoms with van der Waals surface area (Å²) in [5.41, 5.74) is 0.339. The van der Waals surface area contributed by atoms with Gasteiger partial charge in [-0.05, 0) is 34.1 Å². The predicted octanol–water partition coefficient (Wildman–Crippen LogP) is 3.10. The van der Waals surface area contributed by atoms with E-state index in [-0.39, 0.29) is 10.2 Å². The number of ether oxygens (including phenoxy) is 1. The molecule has 0 radical (unpaired) electrons. The van der Waals surface area contributed by atoms with Crippen LogP contribution >= 0.6 is 15.9 Å². The zero-order valence-corrected chi connectivity index (χ0v) is 10.1. The Bertz CT molecular complexity index is 423. The van der Waals surface area contributed by atoms with Gasteiger partial charge in [-0.25, -0.2) is 4.79 Å². The molecule has 1 aromatic carbocycles. The Balaban J connectivity index is 2.83. The number of hydrogen-bond donors (Lipinski definition) is 2. The molecule has 4 nitrogen and oxygen atoms in total. The van der Waals surface area contributed by atoms with Gasteiger partial charge < -0.3 is 15.4 Å². The molecule has 0 saturated carbocycles. The van der Waals surface area contributed by atoms with E-state index in [0.29, 0.717) is 5.69 Å². The fraction of sp³-hybridized carbons (Fsp3) is 0.222. The van der Waals surface area contributed by atoms with Crippen LogP contribution in [0.2, 0.25) is 0 Å². The standard InChI is InChI=1S/C9H8BrF3N2O2/c1-14-8(16)15-5-2-3-7(6(10)4-5)17-9(11,12)13/h2-4H,1H3,(H2,14,15,16). The highest BCUT2D eigenvalue weighted by Crippen LogP contribution is 2.32. The van der Waals surface area contributed by atoms with Crippen molar-refractivity contribution in [3.8, 4) is 5.75 Å². The van der Waals surface area contributed by atoms with Crippen LogP contribution in [0.15, 0.2) is 22.7 Å². The van der Waals surface area contributed by atoms with E-state index in [1.54, 1.807) is 0 Å². The number of amides is 2. The minimum atomic E-state index is -4.75. The van der Waals surface area contributed by atoms with Crippen LogP contribution in [0.4, 0.5) is 23.7 Å². The van der Waals surface area contributed by atoms with Gasteiger partial charge in [-0.1, -0.05) is 0 Å². The molecule has 2 amide bonds. The molecule has 0 spiro atoms. The summed E-state index contributed by atoms with van der Waals surface area (Å²) in [7, 11) is 1.42. The molecule has 0 aliphatic heterocycles. The van der Waals surface area contributed by atoms with Gasteiger partial charge in [0.1, 0.15) is 5.75 Å². The summed E-state index contributed by atoms with van der Waals surface area (Å²) in [5.74, 6) is -0.375. The number of nitrogens with one attached hydrogen (secondary N) is 2. The summed E-state index contributed by atoms with van der Waals surface area (Å²) < 4.78 is 39.7. The van der Waals surface area contributed by atoms with Crippen LogP contribution in [0.3, 0.4) is 0 Å². The van der Waals surface area contributed by atoms with Gasteiger partial charge in [-0.15, -0.1) is 13.2 Å². The van der Waals surface area contributed by atoms with Crippen LogP contribution in [0.25, 0.3) is 0 Å². The molecule has 1 rings (SSSR count). The first kappa shape index (κ1) is 13.6. The molecule has 2 N–H and O–H groups in total. The minimum absolute atomic E-state index is 0.0868. The predicted molar refractivity (Wildman–Crippen MR) is 58.9 cm³/mol. The third-order valence-corrected chi connectivity index (χ3v) is 2.26. The molecule has 0 aliphatic rings. The lowest BCUT2D eigenvalue weighted by Gasteiger charge is -2.11. The first-order valence-electron chi connectivity index (χ1n) is 4.36. The Hall–Kier alpha value is -1.44. The van der Waals surface area contributed by atoms with Crippen LogP contribution in [0.1, 0.15) is 0 Å². The van der Waals surface area contributed by atoms with Gasteiger partial charge in [0.25, 0.3) is 0 Å². The molecule has 0 aliphatic carbocycles. The van der Waals surface area contributed by atoms with E-state index in [9.17, 15) is 18.0 Å². The first-order valence-corrected chi connectivity index (χ1v) is 5.15. The lowest BCUT2D eigenvalue weighted by Crippen LogP contribution is -2.24. The fourth-order valence-corrected chi connectivity index (χ4v) is 1.44. The molecule has 1 aromatic rings. The second-order valence-corrected chi connectivity index (χ2v) is 3.75. The number of halogens is 4. The first-order chi connectivity index (χ1) is 7.81. The van der Waals surface area contributed by atoms with Crippen molar-refractivity contribution in [3.05, 3.63) is 22.7 Å². The van der Waals surface area contributed by atoms with Crippen molar-refractivity contribution < 1.29 is 22.7 Å². The zero-order chi connectivity index (χ0) is 13.1. The van der Waals surface area contributed by atoms with Crippen molar-refractivity contribution >= 4 is 27.6 Å². The Morgan fingerprint density at radius 3 is 2.53 bits per heavy atom. The number of rotatable bonds is 2. The molecule has 0 heterocycles. The van der Waals surface area contributed by atoms with E-state index in [1.807, 2.05) is 0 Å². The highest BCUT2D eigenvalue weighted by Gasteiger charge is 2.31. The van der Waals surface area contributed by atoms with E-state index in [1.165, 1.54) is 19.2 Å². The highest BCUT2D eigenvalue weighted by atomic mass is 79.9. The molecule has 94 valence electrons. The Morgan fingerprint density at radius 1 is 1.41 bits per heavy atom. The van der Waals surface area contributed by atoms with Gasteiger partial charge in [0, 0.05) is 12.7 Å². The Labute approximate surface area is 103 Å². The molecule has 17 heavy (non-hydrogen) atoms. The lowest BCUT2D eigenvalue weighted by atomic mass is 10.3. The summed E-state index contributed by atoms with van der Waals surface area (Å²) in [6.07, 6.45) is -4.75. The van der Waals surface area contributed by atoms with Gasteiger partial charge in [0.05, 0.1) is 4.47 Å². The summed E-state index contributed by atoms with van der Waals surface area (Å²) in [4.78, 5) is 11.0. The third kappa shape index (κ3) is 4.51. The quantitative estimate of drug-likeness (QED) is 0.881. The molecule has 0 unspecified atom stereocenters. The normalized spacial score (nSPS) is 10.9. The average Bonchev–Trinajstić information content (AvgIpc) is 2.20. The minimum Gasteiger partial charge on any atom is -0.405 e. The summed E-state index contributed by atoms with van der Waals surface area (Å²) in [6.45, 7) is 0. The van der Waals surface area contributed by atoms with E-state index in [2.05, 4.69) is 31.3 Å². The van der Waals surface area contributed by atoms with Crippen LogP contribution < -0.4 is 15.4 Å². The Morgan fingerprint density at radius 2 is 2.06 bits per heavy atom. The topological polar surface area (TPSA) is 50.4 Å². The van der Waals surface area contributed by atoms with Crippen molar-refractivity contribution in [3.63, 3.8) is 0 Å². The van der Waals surface area contributed by atoms with Gasteiger partial charge in [-0.2, -0.15) is 0 Å². The van der Waals surface area contributed by atoms with E-state index in [4.69, 9.17) is 0 Å². The molecular weight excluding hydrogens is 305 g/mol. The van der Waals surface area contributed by atoms with Crippen molar-refractivity contribution in [1.29, 1.82) is 0 Å². The number of carbonyl (C=O) groups excluding carboxylic acids is 1. The van der Waals surface area contributed by atoms with Crippen LogP contribution in [0.5, 0.6) is 5.75 Å². The number of hydrogen-bond acceptors (Lipinski definition) is 2. The van der Waals surface area contributed by atoms with Crippen molar-refractivity contribution in [2.45, 2.75) is 6.36 Å². The van der Waals surface area contributed by atoms with Gasteiger partial charge in [0.15, 0.2) is 0 Å². The largest absolute Gasteiger partial charge is 0.573 e. The van der Waals surface area contributed by atoms with E-state index < -0.39 is 12.4 Å². The summed E-state index contributed by atoms with van der Waals surface area (Å²) in [5, 5.41) is 4.71. The molecule has 8 heteroatoms. The fourth-order valence-electron chi connectivity index (χ4n) is 0.980. The average molecular weight is 313 g/mol. The number of benzene rings is 1. The van der Waals surface area contributed by atoms with Crippen molar-refractivity contribution in [1.82, 2.24) is 5.32 Å². The molecule has 0 aromatic heterocycles. The summed E-state index contributed by atoms with van der Waals surface area (Å²) in [6, 6.07) is 3.22. The number of carbonyl (C=O) groups is 1. The maximum absolute atomic E-state index is 12.0. The second-order valence-electron chi connectivity index (χ2n) is 2.90. The zero-order valence-electron chi connectivity index (χ0n) is 8.56. The van der Waals surface area contributed by atoms with Gasteiger partial charge in [0.2, 0.25) is 0 Å². The smallest absolute Gasteiger partial charge is 0.405 e. The van der Waals surface area contributed by atoms with Crippen LogP contribution in [-0.2, 0) is 0 Å². The molecule has 0 atom stereocenters. The maximum Gasteiger partial charge on any atom is 0.573 e. The monoisotopic (exact) mass is 312 g/mol. The van der Waals surface area contributed by atoms with Gasteiger partial charge in [-0.3, -0.25) is 0 Å². The highest BCUT2D eigenvalue weighted by molar-refractivity contribution is 9.10. The SMILES string of the molecule is CNC(=O)Nc1ccc(OC(F)(F)F)c(Br)c1. The maximum atomic E-state index is 12.0. The Kier molecular flexibility index (Phi) is 4.22. The number of anilines is 1. The molecular formula is C9H8BrF3N2O2. The van der Waals surface area contributed by atoms with E-state index >= 15 is 0 Å². The second kappa shape index (κ2) is 5.26. The third-order valence-electron chi connectivity index (χ3n) is 1.64. The van der Waals surface area contributed by atoms with Crippen molar-refractivity contribution in [2.75, 3.05) is 12.4 Å². The van der Waals surface area contributed by atoms with E-state index in [0.717, 1.165) is 6.07 Å². The summed E-state index contributed by atoms with van der Waals surface area (Å²) >= 11 is 2.91. The number of alkyl halides is 3. The molecule has 0 fully saturated rings. The molecule has 0 bridgehead atoms. The van der Waals surface area contributed by atoms with Crippen LogP contribution in [-0.4, -0.2) is 19.4 Å². The molecule has 0 saturated heterocycles. The number of urea groups is 1.